The number of fused-ring (bicyclic) bond motifs is 5. The van der Waals surface area contributed by atoms with Gasteiger partial charge in [0.2, 0.25) is 5.82 Å². The minimum absolute atomic E-state index is 0.251. The van der Waals surface area contributed by atoms with Gasteiger partial charge in [0.25, 0.3) is 5.84 Å². The summed E-state index contributed by atoms with van der Waals surface area (Å²) >= 11 is 2.22. The van der Waals surface area contributed by atoms with Gasteiger partial charge in [0.1, 0.15) is 18.5 Å². The van der Waals surface area contributed by atoms with Gasteiger partial charge in [-0.15, -0.1) is 0 Å². The maximum absolute atomic E-state index is 17.9. The van der Waals surface area contributed by atoms with Crippen molar-refractivity contribution in [1.29, 1.82) is 0 Å². The van der Waals surface area contributed by atoms with E-state index < -0.39 is 6.97 Å². The van der Waals surface area contributed by atoms with E-state index in [2.05, 4.69) is 22.6 Å². The highest BCUT2D eigenvalue weighted by Gasteiger charge is 2.56. The maximum Gasteiger partial charge on any atom is 0.642 e. The molecular weight excluding hydrogens is 696 g/mol. The molecule has 0 N–H and O–H groups in total. The summed E-state index contributed by atoms with van der Waals surface area (Å²) in [6.07, 6.45) is 5.21. The molecule has 0 spiro atoms. The van der Waals surface area contributed by atoms with Gasteiger partial charge in [0.15, 0.2) is 12.4 Å². The van der Waals surface area contributed by atoms with E-state index in [4.69, 9.17) is 14.5 Å². The second-order valence-electron chi connectivity index (χ2n) is 11.7. The van der Waals surface area contributed by atoms with Gasteiger partial charge in [0, 0.05) is 26.5 Å². The molecule has 2 aromatic heterocycles. The maximum atomic E-state index is 17.9. The lowest BCUT2D eigenvalue weighted by atomic mass is 9.83. The Morgan fingerprint density at radius 3 is 2.28 bits per heavy atom. The lowest BCUT2D eigenvalue weighted by molar-refractivity contribution is -0.671. The van der Waals surface area contributed by atoms with Crippen LogP contribution in [0.3, 0.4) is 0 Å². The standard InChI is InChI=1S/C36H29BF2IN4O2/c1-42-19-7-10-25(21-42)31-32(40)33(23-11-14-26(45-2)15-12-23)43-36(31)41-35-30(22-8-5-4-6-9-22)29-17-13-24-20-27(46-3)16-18-28(24)34(29)44(35)37(43,38)39/h4-12,14-16,18-21H,13,17H2,1-3H3/q+1. The van der Waals surface area contributed by atoms with Gasteiger partial charge < -0.3 is 27.1 Å². The predicted molar refractivity (Wildman–Crippen MR) is 185 cm³/mol. The highest BCUT2D eigenvalue weighted by molar-refractivity contribution is 14.1. The molecule has 3 aromatic carbocycles. The van der Waals surface area contributed by atoms with E-state index in [9.17, 15) is 0 Å². The Bertz CT molecular complexity index is 2170. The van der Waals surface area contributed by atoms with Gasteiger partial charge in [-0.05, 0) is 106 Å². The summed E-state index contributed by atoms with van der Waals surface area (Å²) in [5.41, 5.74) is 7.40. The van der Waals surface area contributed by atoms with Crippen molar-refractivity contribution in [1.82, 2.24) is 4.48 Å². The zero-order valence-electron chi connectivity index (χ0n) is 25.5. The number of benzene rings is 3. The van der Waals surface area contributed by atoms with E-state index >= 15 is 8.63 Å². The molecule has 0 radical (unpaired) electrons. The monoisotopic (exact) mass is 725 g/mol. The first-order valence-corrected chi connectivity index (χ1v) is 16.2. The van der Waals surface area contributed by atoms with E-state index in [1.807, 2.05) is 96.8 Å². The molecule has 1 aliphatic carbocycles. The SMILES string of the molecule is COc1ccc(-c2c(I)c(-c3ccc[n+](C)c3)c3n2[B-](F)(F)[N+]2=C4C(=C(c5ccccc5)C2=N3)CCc2cc(OC)ccc24)cc1. The molecule has 0 unspecified atom stereocenters. The van der Waals surface area contributed by atoms with Crippen LogP contribution in [0.4, 0.5) is 14.4 Å². The molecule has 4 heterocycles. The number of amidine groups is 1. The number of halogens is 3. The van der Waals surface area contributed by atoms with Crippen molar-refractivity contribution in [2.45, 2.75) is 12.8 Å². The average molecular weight is 725 g/mol. The van der Waals surface area contributed by atoms with Crippen LogP contribution < -0.4 is 14.0 Å². The molecule has 10 heteroatoms. The zero-order valence-corrected chi connectivity index (χ0v) is 27.6. The van der Waals surface area contributed by atoms with E-state index in [0.29, 0.717) is 50.4 Å². The van der Waals surface area contributed by atoms with Crippen LogP contribution in [0.25, 0.3) is 28.0 Å². The Morgan fingerprint density at radius 2 is 1.57 bits per heavy atom. The number of nitrogens with zero attached hydrogens (tertiary/aromatic N) is 4. The molecule has 0 fully saturated rings. The number of hydrogen-bond donors (Lipinski definition) is 0. The normalized spacial score (nSPS) is 16.0. The molecule has 2 aliphatic heterocycles. The van der Waals surface area contributed by atoms with Crippen molar-refractivity contribution < 1.29 is 27.2 Å². The molecule has 0 amide bonds. The molecule has 0 saturated heterocycles. The van der Waals surface area contributed by atoms with E-state index in [1.165, 1.54) is 8.96 Å². The number of pyridine rings is 1. The average Bonchev–Trinajstić information content (AvgIpc) is 3.57. The quantitative estimate of drug-likeness (QED) is 0.107. The van der Waals surface area contributed by atoms with Gasteiger partial charge in [-0.1, -0.05) is 30.3 Å². The van der Waals surface area contributed by atoms with Gasteiger partial charge in [-0.2, -0.15) is 0 Å². The van der Waals surface area contributed by atoms with Crippen molar-refractivity contribution in [2.75, 3.05) is 14.2 Å². The molecule has 3 aliphatic rings. The fraction of sp³-hybridized carbons (Fsp3) is 0.139. The van der Waals surface area contributed by atoms with E-state index in [1.54, 1.807) is 26.4 Å². The topological polar surface area (TPSA) is 42.6 Å². The van der Waals surface area contributed by atoms with Crippen molar-refractivity contribution in [3.05, 3.63) is 123 Å². The lowest BCUT2D eigenvalue weighted by Gasteiger charge is -2.33. The van der Waals surface area contributed by atoms with Crippen LogP contribution in [0, 0.1) is 3.57 Å². The molecule has 46 heavy (non-hydrogen) atoms. The Balaban J connectivity index is 1.49. The van der Waals surface area contributed by atoms with Crippen LogP contribution in [0.5, 0.6) is 11.5 Å². The number of hydrogen-bond acceptors (Lipinski definition) is 3. The Hall–Kier alpha value is -4.58. The summed E-state index contributed by atoms with van der Waals surface area (Å²) in [6.45, 7) is -4.43. The Kier molecular flexibility index (Phi) is 6.75. The number of aliphatic imine (C=N–C) groups is 1. The second kappa shape index (κ2) is 10.8. The summed E-state index contributed by atoms with van der Waals surface area (Å²) < 4.78 is 51.7. The van der Waals surface area contributed by atoms with E-state index in [0.717, 1.165) is 33.4 Å². The third-order valence-corrected chi connectivity index (χ3v) is 10.1. The smallest absolute Gasteiger partial charge is 0.497 e. The fourth-order valence-electron chi connectivity index (χ4n) is 7.06. The van der Waals surface area contributed by atoms with Crippen LogP contribution in [-0.2, 0) is 13.5 Å². The molecule has 0 atom stereocenters. The molecule has 0 saturated carbocycles. The van der Waals surface area contributed by atoms with Crippen molar-refractivity contribution >= 4 is 52.5 Å². The number of aryl methyl sites for hydroxylation is 2. The van der Waals surface area contributed by atoms with Crippen LogP contribution in [0.15, 0.2) is 108 Å². The van der Waals surface area contributed by atoms with Crippen LogP contribution >= 0.6 is 22.6 Å². The zero-order chi connectivity index (χ0) is 31.7. The number of methoxy groups -OCH3 is 2. The first-order valence-electron chi connectivity index (χ1n) is 15.1. The summed E-state index contributed by atoms with van der Waals surface area (Å²) in [5, 5.41) is 0. The van der Waals surface area contributed by atoms with Crippen molar-refractivity contribution in [2.24, 2.45) is 12.0 Å². The number of ether oxygens (including phenoxy) is 2. The molecule has 8 rings (SSSR count). The third-order valence-electron chi connectivity index (χ3n) is 9.10. The Morgan fingerprint density at radius 1 is 0.848 bits per heavy atom. The summed E-state index contributed by atoms with van der Waals surface area (Å²) in [5.74, 6) is 1.90. The fourth-order valence-corrected chi connectivity index (χ4v) is 8.18. The van der Waals surface area contributed by atoms with Crippen LogP contribution in [0.2, 0.25) is 0 Å². The molecular formula is C36H29BF2IN4O2+. The van der Waals surface area contributed by atoms with E-state index in [-0.39, 0.29) is 11.7 Å². The van der Waals surface area contributed by atoms with Gasteiger partial charge >= 0.3 is 6.97 Å². The minimum atomic E-state index is -4.43. The molecule has 6 nitrogen and oxygen atoms in total. The first kappa shape index (κ1) is 28.9. The Labute approximate surface area is 279 Å². The van der Waals surface area contributed by atoms with Crippen molar-refractivity contribution in [3.63, 3.8) is 0 Å². The largest absolute Gasteiger partial charge is 0.642 e. The highest BCUT2D eigenvalue weighted by Crippen LogP contribution is 2.50. The summed E-state index contributed by atoms with van der Waals surface area (Å²) in [4.78, 5) is 5.24. The van der Waals surface area contributed by atoms with Crippen LogP contribution in [0.1, 0.15) is 23.1 Å². The second-order valence-corrected chi connectivity index (χ2v) is 12.8. The number of allylic oxidation sites excluding steroid dienone is 1. The third kappa shape index (κ3) is 4.22. The van der Waals surface area contributed by atoms with Crippen LogP contribution in [-0.4, -0.2) is 41.7 Å². The summed E-state index contributed by atoms with van der Waals surface area (Å²) in [7, 11) is 5.15. The summed E-state index contributed by atoms with van der Waals surface area (Å²) in [6, 6.07) is 26.7. The molecule has 0 bridgehead atoms. The first-order chi connectivity index (χ1) is 22.3. The van der Waals surface area contributed by atoms with Gasteiger partial charge in [0.05, 0.1) is 36.6 Å². The van der Waals surface area contributed by atoms with Gasteiger partial charge in [-0.3, -0.25) is 0 Å². The van der Waals surface area contributed by atoms with Crippen molar-refractivity contribution in [3.8, 4) is 33.9 Å². The lowest BCUT2D eigenvalue weighted by Crippen LogP contribution is -2.53. The number of aromatic nitrogens is 2. The highest BCUT2D eigenvalue weighted by atomic mass is 127. The molecule has 228 valence electrons. The van der Waals surface area contributed by atoms with Gasteiger partial charge in [-0.25, -0.2) is 4.57 Å². The molecule has 5 aromatic rings. The number of rotatable bonds is 5. The minimum Gasteiger partial charge on any atom is -0.497 e. The predicted octanol–water partition coefficient (Wildman–Crippen LogP) is 7.45.